The molecule has 6 heteroatoms. The molecule has 0 aliphatic carbocycles. The standard InChI is InChI=1S/C11H13NO5/c1-2-5-17-11(15)12-8(7-10(13)14)9-4-3-6-16-9/h2-4,6,8H,1,5,7H2,(H,12,15)(H,13,14). The summed E-state index contributed by atoms with van der Waals surface area (Å²) in [5.41, 5.74) is 0. The lowest BCUT2D eigenvalue weighted by Crippen LogP contribution is -2.30. The van der Waals surface area contributed by atoms with Gasteiger partial charge >= 0.3 is 12.1 Å². The Balaban J connectivity index is 2.61. The number of hydrogen-bond donors (Lipinski definition) is 2. The SMILES string of the molecule is C=CCOC(=O)NC(CC(=O)O)c1ccco1. The van der Waals surface area contributed by atoms with Gasteiger partial charge in [-0.2, -0.15) is 0 Å². The van der Waals surface area contributed by atoms with Crippen LogP contribution in [0.15, 0.2) is 35.5 Å². The van der Waals surface area contributed by atoms with E-state index in [-0.39, 0.29) is 13.0 Å². The molecule has 1 aromatic rings. The number of carboxylic acid groups (broad SMARTS) is 1. The van der Waals surface area contributed by atoms with E-state index in [1.54, 1.807) is 12.1 Å². The maximum absolute atomic E-state index is 11.3. The van der Waals surface area contributed by atoms with Gasteiger partial charge in [0.1, 0.15) is 18.4 Å². The van der Waals surface area contributed by atoms with Gasteiger partial charge < -0.3 is 19.6 Å². The second-order valence-corrected chi connectivity index (χ2v) is 3.20. The molecule has 1 unspecified atom stereocenters. The minimum absolute atomic E-state index is 0.0593. The van der Waals surface area contributed by atoms with Crippen molar-refractivity contribution in [2.45, 2.75) is 12.5 Å². The van der Waals surface area contributed by atoms with Crippen molar-refractivity contribution in [2.24, 2.45) is 0 Å². The van der Waals surface area contributed by atoms with Gasteiger partial charge in [-0.05, 0) is 12.1 Å². The first-order valence-corrected chi connectivity index (χ1v) is 4.93. The van der Waals surface area contributed by atoms with Crippen LogP contribution in [0.2, 0.25) is 0 Å². The number of aliphatic carboxylic acids is 1. The Morgan fingerprint density at radius 2 is 2.41 bits per heavy atom. The van der Waals surface area contributed by atoms with Crippen molar-refractivity contribution in [1.82, 2.24) is 5.32 Å². The highest BCUT2D eigenvalue weighted by Crippen LogP contribution is 2.17. The van der Waals surface area contributed by atoms with Crippen LogP contribution in [-0.2, 0) is 9.53 Å². The normalized spacial score (nSPS) is 11.5. The lowest BCUT2D eigenvalue weighted by atomic mass is 10.1. The first-order valence-electron chi connectivity index (χ1n) is 4.93. The van der Waals surface area contributed by atoms with Gasteiger partial charge in [0.2, 0.25) is 0 Å². The molecule has 0 fully saturated rings. The van der Waals surface area contributed by atoms with Gasteiger partial charge in [0.15, 0.2) is 0 Å². The summed E-state index contributed by atoms with van der Waals surface area (Å²) >= 11 is 0. The zero-order valence-electron chi connectivity index (χ0n) is 9.09. The van der Waals surface area contributed by atoms with Crippen molar-refractivity contribution in [3.05, 3.63) is 36.8 Å². The number of rotatable bonds is 6. The topological polar surface area (TPSA) is 88.8 Å². The van der Waals surface area contributed by atoms with Gasteiger partial charge in [-0.15, -0.1) is 0 Å². The van der Waals surface area contributed by atoms with Crippen LogP contribution >= 0.6 is 0 Å². The summed E-state index contributed by atoms with van der Waals surface area (Å²) in [4.78, 5) is 21.9. The van der Waals surface area contributed by atoms with E-state index in [4.69, 9.17) is 14.3 Å². The zero-order valence-corrected chi connectivity index (χ0v) is 9.09. The van der Waals surface area contributed by atoms with E-state index >= 15 is 0 Å². The van der Waals surface area contributed by atoms with Crippen LogP contribution in [0.5, 0.6) is 0 Å². The van der Waals surface area contributed by atoms with Crippen molar-refractivity contribution < 1.29 is 23.8 Å². The molecule has 0 aromatic carbocycles. The predicted molar refractivity (Wildman–Crippen MR) is 58.4 cm³/mol. The molecular weight excluding hydrogens is 226 g/mol. The molecule has 0 bridgehead atoms. The van der Waals surface area contributed by atoms with E-state index in [0.717, 1.165) is 0 Å². The Bertz CT molecular complexity index is 385. The lowest BCUT2D eigenvalue weighted by Gasteiger charge is -2.13. The van der Waals surface area contributed by atoms with E-state index < -0.39 is 18.1 Å². The molecule has 92 valence electrons. The van der Waals surface area contributed by atoms with Crippen molar-refractivity contribution in [3.63, 3.8) is 0 Å². The largest absolute Gasteiger partial charge is 0.481 e. The average Bonchev–Trinajstić information content (AvgIpc) is 2.78. The summed E-state index contributed by atoms with van der Waals surface area (Å²) < 4.78 is 9.75. The molecule has 0 saturated carbocycles. The van der Waals surface area contributed by atoms with Crippen molar-refractivity contribution in [2.75, 3.05) is 6.61 Å². The van der Waals surface area contributed by atoms with Crippen LogP contribution in [0.1, 0.15) is 18.2 Å². The summed E-state index contributed by atoms with van der Waals surface area (Å²) in [6.07, 6.45) is 1.82. The molecule has 1 atom stereocenters. The van der Waals surface area contributed by atoms with E-state index in [0.29, 0.717) is 5.76 Å². The molecule has 0 radical (unpaired) electrons. The zero-order chi connectivity index (χ0) is 12.7. The molecule has 2 N–H and O–H groups in total. The number of carbonyl (C=O) groups excluding carboxylic acids is 1. The molecule has 1 heterocycles. The van der Waals surface area contributed by atoms with Crippen LogP contribution in [0, 0.1) is 0 Å². The van der Waals surface area contributed by atoms with Gasteiger partial charge in [0.05, 0.1) is 12.7 Å². The maximum atomic E-state index is 11.3. The molecule has 6 nitrogen and oxygen atoms in total. The highest BCUT2D eigenvalue weighted by Gasteiger charge is 2.20. The Hall–Kier alpha value is -2.24. The Kier molecular flexibility index (Phi) is 4.80. The number of carbonyl (C=O) groups is 2. The predicted octanol–water partition coefficient (Wildman–Crippen LogP) is 1.71. The van der Waals surface area contributed by atoms with Gasteiger partial charge in [0.25, 0.3) is 0 Å². The number of hydrogen-bond acceptors (Lipinski definition) is 4. The highest BCUT2D eigenvalue weighted by molar-refractivity contribution is 5.71. The van der Waals surface area contributed by atoms with Gasteiger partial charge in [-0.25, -0.2) is 4.79 Å². The Morgan fingerprint density at radius 3 is 2.94 bits per heavy atom. The lowest BCUT2D eigenvalue weighted by molar-refractivity contribution is -0.137. The third-order valence-corrected chi connectivity index (χ3v) is 1.89. The van der Waals surface area contributed by atoms with Gasteiger partial charge in [0, 0.05) is 0 Å². The fraction of sp³-hybridized carbons (Fsp3) is 0.273. The van der Waals surface area contributed by atoms with Crippen molar-refractivity contribution >= 4 is 12.1 Å². The number of nitrogens with one attached hydrogen (secondary N) is 1. The molecule has 1 amide bonds. The van der Waals surface area contributed by atoms with Crippen molar-refractivity contribution in [1.29, 1.82) is 0 Å². The van der Waals surface area contributed by atoms with Crippen LogP contribution < -0.4 is 5.32 Å². The summed E-state index contributed by atoms with van der Waals surface area (Å²) in [7, 11) is 0. The minimum Gasteiger partial charge on any atom is -0.481 e. The Labute approximate surface area is 97.9 Å². The molecule has 1 aromatic heterocycles. The number of alkyl carbamates (subject to hydrolysis) is 1. The van der Waals surface area contributed by atoms with Crippen LogP contribution in [0.25, 0.3) is 0 Å². The number of furan rings is 1. The number of carboxylic acids is 1. The average molecular weight is 239 g/mol. The summed E-state index contributed by atoms with van der Waals surface area (Å²) in [6, 6.07) is 2.45. The smallest absolute Gasteiger partial charge is 0.408 e. The molecule has 1 rings (SSSR count). The minimum atomic E-state index is -1.05. The van der Waals surface area contributed by atoms with Crippen LogP contribution in [-0.4, -0.2) is 23.8 Å². The fourth-order valence-corrected chi connectivity index (χ4v) is 1.21. The van der Waals surface area contributed by atoms with E-state index in [1.807, 2.05) is 0 Å². The number of ether oxygens (including phenoxy) is 1. The third kappa shape index (κ3) is 4.42. The molecule has 0 spiro atoms. The summed E-state index contributed by atoms with van der Waals surface area (Å²) in [6.45, 7) is 3.45. The van der Waals surface area contributed by atoms with Crippen molar-refractivity contribution in [3.8, 4) is 0 Å². The second-order valence-electron chi connectivity index (χ2n) is 3.20. The number of amides is 1. The molecule has 0 aliphatic heterocycles. The van der Waals surface area contributed by atoms with Crippen LogP contribution in [0.3, 0.4) is 0 Å². The first-order chi connectivity index (χ1) is 8.13. The monoisotopic (exact) mass is 239 g/mol. The van der Waals surface area contributed by atoms with Gasteiger partial charge in [-0.3, -0.25) is 4.79 Å². The van der Waals surface area contributed by atoms with E-state index in [9.17, 15) is 9.59 Å². The van der Waals surface area contributed by atoms with E-state index in [1.165, 1.54) is 12.3 Å². The molecule has 0 aliphatic rings. The summed E-state index contributed by atoms with van der Waals surface area (Å²) in [5.74, 6) is -0.682. The van der Waals surface area contributed by atoms with Crippen LogP contribution in [0.4, 0.5) is 4.79 Å². The first kappa shape index (κ1) is 12.8. The quantitative estimate of drug-likeness (QED) is 0.737. The molecule has 17 heavy (non-hydrogen) atoms. The maximum Gasteiger partial charge on any atom is 0.408 e. The fourth-order valence-electron chi connectivity index (χ4n) is 1.21. The molecule has 0 saturated heterocycles. The highest BCUT2D eigenvalue weighted by atomic mass is 16.5. The van der Waals surface area contributed by atoms with E-state index in [2.05, 4.69) is 11.9 Å². The summed E-state index contributed by atoms with van der Waals surface area (Å²) in [5, 5.41) is 11.1. The Morgan fingerprint density at radius 1 is 1.65 bits per heavy atom. The third-order valence-electron chi connectivity index (χ3n) is 1.89. The second kappa shape index (κ2) is 6.37. The molecular formula is C11H13NO5. The van der Waals surface area contributed by atoms with Gasteiger partial charge in [-0.1, -0.05) is 12.7 Å².